The summed E-state index contributed by atoms with van der Waals surface area (Å²) in [7, 11) is 0. The van der Waals surface area contributed by atoms with E-state index in [0.717, 1.165) is 21.8 Å². The average Bonchev–Trinajstić information content (AvgIpc) is 3.86. The van der Waals surface area contributed by atoms with Crippen molar-refractivity contribution in [2.24, 2.45) is 5.10 Å². The second kappa shape index (κ2) is 13.3. The van der Waals surface area contributed by atoms with Crippen LogP contribution in [0.1, 0.15) is 46.2 Å². The van der Waals surface area contributed by atoms with Gasteiger partial charge in [0.05, 0.1) is 41.8 Å². The summed E-state index contributed by atoms with van der Waals surface area (Å²) in [6.07, 6.45) is 1.95. The van der Waals surface area contributed by atoms with Gasteiger partial charge in [0, 0.05) is 12.1 Å². The fourth-order valence-corrected chi connectivity index (χ4v) is 6.29. The van der Waals surface area contributed by atoms with Gasteiger partial charge >= 0.3 is 0 Å². The molecule has 1 aliphatic rings. The van der Waals surface area contributed by atoms with E-state index >= 15 is 0 Å². The number of aromatic nitrogens is 3. The van der Waals surface area contributed by atoms with Crippen molar-refractivity contribution in [1.29, 1.82) is 0 Å². The summed E-state index contributed by atoms with van der Waals surface area (Å²) in [6, 6.07) is 20.3. The molecule has 0 radical (unpaired) electrons. The fourth-order valence-electron chi connectivity index (χ4n) is 4.75. The van der Waals surface area contributed by atoms with Crippen LogP contribution in [0.5, 0.6) is 5.75 Å². The Hall–Kier alpha value is -4.75. The van der Waals surface area contributed by atoms with Gasteiger partial charge in [-0.3, -0.25) is 14.2 Å². The third kappa shape index (κ3) is 6.43. The van der Waals surface area contributed by atoms with E-state index in [4.69, 9.17) is 14.3 Å². The van der Waals surface area contributed by atoms with Crippen LogP contribution in [0.2, 0.25) is 0 Å². The number of hydrogen-bond donors (Lipinski definition) is 1. The first-order valence-corrected chi connectivity index (χ1v) is 15.7. The average molecular weight is 631 g/mol. The molecular weight excluding hydrogens is 604 g/mol. The Morgan fingerprint density at radius 1 is 1.09 bits per heavy atom. The molecule has 224 valence electrons. The van der Waals surface area contributed by atoms with Gasteiger partial charge in [0.1, 0.15) is 11.6 Å². The summed E-state index contributed by atoms with van der Waals surface area (Å²) in [4.78, 5) is 27.2. The first-order chi connectivity index (χ1) is 21.5. The smallest absolute Gasteiger partial charge is 0.287 e. The Balaban J connectivity index is 1.24. The van der Waals surface area contributed by atoms with Gasteiger partial charge in [0.2, 0.25) is 0 Å². The van der Waals surface area contributed by atoms with E-state index in [1.54, 1.807) is 40.2 Å². The van der Waals surface area contributed by atoms with Crippen molar-refractivity contribution >= 4 is 40.6 Å². The van der Waals surface area contributed by atoms with Crippen LogP contribution in [-0.2, 0) is 11.3 Å². The highest BCUT2D eigenvalue weighted by Crippen LogP contribution is 2.35. The van der Waals surface area contributed by atoms with E-state index in [-0.39, 0.29) is 41.7 Å². The molecule has 2 amide bonds. The minimum Gasteiger partial charge on any atom is -0.494 e. The standard InChI is InChI=1S/C31H27FN6O4S2/c1-2-41-23-13-11-22(12-14-23)37-28(18-33-30(40)26-5-3-15-42-26)34-35-31(37)44-19-29(39)38-25(20-7-9-21(32)10-8-20)17-24(36-38)27-6-4-16-43-27/h3-16,25H,2,17-19H2,1H3,(H,33,40). The number of thiophene rings is 1. The van der Waals surface area contributed by atoms with Gasteiger partial charge in [-0.1, -0.05) is 30.0 Å². The Kier molecular flexibility index (Phi) is 8.84. The lowest BCUT2D eigenvalue weighted by Gasteiger charge is -2.22. The molecule has 44 heavy (non-hydrogen) atoms. The number of halogens is 1. The van der Waals surface area contributed by atoms with Crippen molar-refractivity contribution in [2.45, 2.75) is 31.1 Å². The largest absolute Gasteiger partial charge is 0.494 e. The maximum atomic E-state index is 13.7. The van der Waals surface area contributed by atoms with E-state index < -0.39 is 0 Å². The summed E-state index contributed by atoms with van der Waals surface area (Å²) in [5, 5.41) is 20.1. The first-order valence-electron chi connectivity index (χ1n) is 13.8. The number of carbonyl (C=O) groups is 2. The summed E-state index contributed by atoms with van der Waals surface area (Å²) >= 11 is 2.77. The van der Waals surface area contributed by atoms with Crippen molar-refractivity contribution in [3.8, 4) is 11.4 Å². The van der Waals surface area contributed by atoms with Gasteiger partial charge in [-0.05, 0) is 72.5 Å². The van der Waals surface area contributed by atoms with Gasteiger partial charge in [-0.2, -0.15) is 5.10 Å². The zero-order valence-corrected chi connectivity index (χ0v) is 25.2. The SMILES string of the molecule is CCOc1ccc(-n2c(CNC(=O)c3ccco3)nnc2SCC(=O)N2N=C(c3cccs3)CC2c2ccc(F)cc2)cc1. The summed E-state index contributed by atoms with van der Waals surface area (Å²) in [6.45, 7) is 2.51. The van der Waals surface area contributed by atoms with Crippen molar-refractivity contribution < 1.29 is 23.1 Å². The lowest BCUT2D eigenvalue weighted by molar-refractivity contribution is -0.130. The van der Waals surface area contributed by atoms with Gasteiger partial charge in [-0.15, -0.1) is 21.5 Å². The second-order valence-electron chi connectivity index (χ2n) is 9.64. The number of furan rings is 1. The zero-order chi connectivity index (χ0) is 30.5. The van der Waals surface area contributed by atoms with Crippen molar-refractivity contribution in [1.82, 2.24) is 25.1 Å². The predicted octanol–water partition coefficient (Wildman–Crippen LogP) is 5.86. The number of ether oxygens (including phenoxy) is 1. The van der Waals surface area contributed by atoms with Crippen molar-refractivity contribution in [3.63, 3.8) is 0 Å². The van der Waals surface area contributed by atoms with Crippen LogP contribution < -0.4 is 10.1 Å². The topological polar surface area (TPSA) is 115 Å². The number of thioether (sulfide) groups is 1. The third-order valence-electron chi connectivity index (χ3n) is 6.81. The van der Waals surface area contributed by atoms with Crippen LogP contribution in [0.15, 0.2) is 99.1 Å². The molecule has 0 saturated heterocycles. The van der Waals surface area contributed by atoms with Gasteiger partial charge in [0.25, 0.3) is 11.8 Å². The maximum absolute atomic E-state index is 13.7. The lowest BCUT2D eigenvalue weighted by atomic mass is 10.0. The van der Waals surface area contributed by atoms with Crippen LogP contribution in [0.25, 0.3) is 5.69 Å². The Bertz CT molecular complexity index is 1750. The minimum absolute atomic E-state index is 0.0207. The number of rotatable bonds is 11. The van der Waals surface area contributed by atoms with Crippen LogP contribution in [0.3, 0.4) is 0 Å². The highest BCUT2D eigenvalue weighted by Gasteiger charge is 2.33. The third-order valence-corrected chi connectivity index (χ3v) is 8.64. The molecule has 0 bridgehead atoms. The van der Waals surface area contributed by atoms with Crippen LogP contribution in [0, 0.1) is 5.82 Å². The fraction of sp³-hybridized carbons (Fsp3) is 0.194. The number of nitrogens with zero attached hydrogens (tertiary/aromatic N) is 5. The Morgan fingerprint density at radius 3 is 2.61 bits per heavy atom. The lowest BCUT2D eigenvalue weighted by Crippen LogP contribution is -2.28. The predicted molar refractivity (Wildman–Crippen MR) is 165 cm³/mol. The molecule has 0 saturated carbocycles. The number of nitrogens with one attached hydrogen (secondary N) is 1. The normalized spacial score (nSPS) is 14.5. The molecule has 2 aromatic carbocycles. The highest BCUT2D eigenvalue weighted by atomic mass is 32.2. The molecule has 3 aromatic heterocycles. The monoisotopic (exact) mass is 630 g/mol. The zero-order valence-electron chi connectivity index (χ0n) is 23.6. The van der Waals surface area contributed by atoms with E-state index in [1.807, 2.05) is 48.7 Å². The Labute approximate surface area is 260 Å². The number of amides is 2. The van der Waals surface area contributed by atoms with E-state index in [0.29, 0.717) is 29.8 Å². The van der Waals surface area contributed by atoms with Crippen LogP contribution >= 0.6 is 23.1 Å². The molecule has 0 spiro atoms. The minimum atomic E-state index is -0.388. The number of benzene rings is 2. The second-order valence-corrected chi connectivity index (χ2v) is 11.5. The summed E-state index contributed by atoms with van der Waals surface area (Å²) in [5.74, 6) is 0.414. The van der Waals surface area contributed by atoms with E-state index in [2.05, 4.69) is 15.5 Å². The molecule has 4 heterocycles. The molecule has 6 rings (SSSR count). The number of hydrazone groups is 1. The molecule has 5 aromatic rings. The maximum Gasteiger partial charge on any atom is 0.287 e. The molecule has 13 heteroatoms. The molecule has 1 unspecified atom stereocenters. The van der Waals surface area contributed by atoms with Crippen LogP contribution in [0.4, 0.5) is 4.39 Å². The van der Waals surface area contributed by atoms with Gasteiger partial charge < -0.3 is 14.5 Å². The first kappa shape index (κ1) is 29.3. The molecule has 0 aliphatic carbocycles. The molecule has 1 N–H and O–H groups in total. The molecule has 0 fully saturated rings. The van der Waals surface area contributed by atoms with E-state index in [1.165, 1.54) is 35.2 Å². The van der Waals surface area contributed by atoms with Crippen LogP contribution in [-0.4, -0.2) is 49.7 Å². The Morgan fingerprint density at radius 2 is 1.91 bits per heavy atom. The molecule has 1 atom stereocenters. The molecular formula is C31H27FN6O4S2. The number of carbonyl (C=O) groups excluding carboxylic acids is 2. The summed E-state index contributed by atoms with van der Waals surface area (Å²) in [5.41, 5.74) is 2.34. The number of hydrogen-bond acceptors (Lipinski definition) is 9. The summed E-state index contributed by atoms with van der Waals surface area (Å²) < 4.78 is 26.3. The quantitative estimate of drug-likeness (QED) is 0.182. The molecule has 10 nitrogen and oxygen atoms in total. The highest BCUT2D eigenvalue weighted by molar-refractivity contribution is 7.99. The van der Waals surface area contributed by atoms with Crippen molar-refractivity contribution in [3.05, 3.63) is 112 Å². The van der Waals surface area contributed by atoms with E-state index in [9.17, 15) is 14.0 Å². The van der Waals surface area contributed by atoms with Gasteiger partial charge in [-0.25, -0.2) is 9.40 Å². The van der Waals surface area contributed by atoms with Gasteiger partial charge in [0.15, 0.2) is 16.7 Å². The van der Waals surface area contributed by atoms with Crippen molar-refractivity contribution in [2.75, 3.05) is 12.4 Å². The molecule has 1 aliphatic heterocycles.